The maximum atomic E-state index is 13.5. The molecule has 0 radical (unpaired) electrons. The molecule has 0 spiro atoms. The number of ether oxygens (including phenoxy) is 6. The molecule has 3 aliphatic heterocycles. The molecule has 0 aromatic carbocycles. The number of carbonyl (C=O) groups is 1. The van der Waals surface area contributed by atoms with E-state index < -0.39 is 124 Å². The van der Waals surface area contributed by atoms with Crippen molar-refractivity contribution in [2.24, 2.45) is 0 Å². The van der Waals surface area contributed by atoms with Crippen molar-refractivity contribution < 1.29 is 89.4 Å². The Labute approximate surface area is 663 Å². The van der Waals surface area contributed by atoms with Gasteiger partial charge in [-0.05, 0) is 51.4 Å². The van der Waals surface area contributed by atoms with Crippen molar-refractivity contribution in [2.75, 3.05) is 26.4 Å². The highest BCUT2D eigenvalue weighted by Crippen LogP contribution is 2.34. The van der Waals surface area contributed by atoms with Crippen LogP contribution >= 0.6 is 0 Å². The number of allylic oxidation sites excluding steroid dienone is 6. The average Bonchev–Trinajstić information content (AvgIpc) is 0.749. The molecule has 3 fully saturated rings. The summed E-state index contributed by atoms with van der Waals surface area (Å²) < 4.78 is 34.6. The number of hydrogen-bond donors (Lipinski definition) is 12. The van der Waals surface area contributed by atoms with Gasteiger partial charge < -0.3 is 89.9 Å². The molecule has 3 heterocycles. The fourth-order valence-corrected chi connectivity index (χ4v) is 15.7. The zero-order chi connectivity index (χ0) is 78.8. The van der Waals surface area contributed by atoms with Crippen LogP contribution in [0.3, 0.4) is 0 Å². The van der Waals surface area contributed by atoms with E-state index in [-0.39, 0.29) is 18.9 Å². The molecule has 0 aliphatic carbocycles. The summed E-state index contributed by atoms with van der Waals surface area (Å²) in [6.07, 6.45) is 62.5. The van der Waals surface area contributed by atoms with E-state index in [1.54, 1.807) is 0 Å². The highest BCUT2D eigenvalue weighted by atomic mass is 16.8. The first-order chi connectivity index (χ1) is 53.3. The highest BCUT2D eigenvalue weighted by Gasteiger charge is 2.54. The standard InChI is InChI=1S/C90H169NO18/c1-3-5-7-9-11-13-15-17-19-21-23-25-27-29-31-33-34-35-36-37-38-40-42-44-46-48-50-52-54-56-58-60-62-64-66-68-78(96)91-73(74(95)67-65-63-61-59-57-55-53-51-49-47-45-43-41-39-32-30-28-26-24-22-20-18-16-14-12-10-8-6-4-2)72-104-88-84(102)81(99)86(76(70-93)106-88)109-90-85(103)82(100)87(77(71-94)107-90)108-89-83(101)80(98)79(97)75(69-92)105-89/h15,17,21,23,27,29,73-77,79-90,92-95,97-103H,3-14,16,18-20,22,24-26,28,30-72H2,1-2H3,(H,91,96)/b17-15-,23-21-,29-27-. The predicted molar refractivity (Wildman–Crippen MR) is 439 cm³/mol. The summed E-state index contributed by atoms with van der Waals surface area (Å²) >= 11 is 0. The maximum Gasteiger partial charge on any atom is 0.220 e. The molecule has 0 saturated carbocycles. The number of unbranched alkanes of at least 4 members (excludes halogenated alkanes) is 53. The van der Waals surface area contributed by atoms with Gasteiger partial charge in [0, 0.05) is 6.42 Å². The largest absolute Gasteiger partial charge is 0.394 e. The quantitative estimate of drug-likeness (QED) is 0.0199. The molecule has 3 saturated heterocycles. The Bertz CT molecular complexity index is 2100. The number of aliphatic hydroxyl groups is 11. The van der Waals surface area contributed by atoms with Crippen LogP contribution in [0, 0.1) is 0 Å². The van der Waals surface area contributed by atoms with Gasteiger partial charge in [-0.1, -0.05) is 378 Å². The van der Waals surface area contributed by atoms with Gasteiger partial charge in [-0.3, -0.25) is 4.79 Å². The van der Waals surface area contributed by atoms with E-state index in [2.05, 4.69) is 55.6 Å². The maximum absolute atomic E-state index is 13.5. The fraction of sp³-hybridized carbons (Fsp3) is 0.922. The van der Waals surface area contributed by atoms with E-state index in [9.17, 15) is 61.0 Å². The van der Waals surface area contributed by atoms with Crippen LogP contribution in [0.25, 0.3) is 0 Å². The number of aliphatic hydroxyl groups excluding tert-OH is 11. The molecule has 0 bridgehead atoms. The van der Waals surface area contributed by atoms with Crippen LogP contribution in [0.2, 0.25) is 0 Å². The minimum absolute atomic E-state index is 0.234. The van der Waals surface area contributed by atoms with Gasteiger partial charge in [-0.25, -0.2) is 0 Å². The summed E-state index contributed by atoms with van der Waals surface area (Å²) in [5, 5.41) is 121. The lowest BCUT2D eigenvalue weighted by atomic mass is 9.96. The van der Waals surface area contributed by atoms with E-state index in [1.807, 2.05) is 0 Å². The molecule has 0 aromatic rings. The van der Waals surface area contributed by atoms with Crippen molar-refractivity contribution in [1.29, 1.82) is 0 Å². The average molecular weight is 1550 g/mol. The zero-order valence-corrected chi connectivity index (χ0v) is 69.3. The molecule has 1 amide bonds. The number of hydrogen-bond acceptors (Lipinski definition) is 18. The van der Waals surface area contributed by atoms with E-state index in [0.717, 1.165) is 57.8 Å². The highest BCUT2D eigenvalue weighted by molar-refractivity contribution is 5.76. The van der Waals surface area contributed by atoms with Crippen molar-refractivity contribution in [3.63, 3.8) is 0 Å². The molecule has 3 rings (SSSR count). The summed E-state index contributed by atoms with van der Waals surface area (Å²) in [7, 11) is 0. The molecule has 12 N–H and O–H groups in total. The molecule has 17 atom stereocenters. The van der Waals surface area contributed by atoms with Gasteiger partial charge in [-0.2, -0.15) is 0 Å². The third kappa shape index (κ3) is 49.0. The van der Waals surface area contributed by atoms with Crippen LogP contribution in [0.5, 0.6) is 0 Å². The van der Waals surface area contributed by atoms with Crippen molar-refractivity contribution >= 4 is 5.91 Å². The number of carbonyl (C=O) groups excluding carboxylic acids is 1. The Morgan fingerprint density at radius 2 is 0.606 bits per heavy atom. The smallest absolute Gasteiger partial charge is 0.220 e. The molecular formula is C90H169NO18. The van der Waals surface area contributed by atoms with Crippen LogP contribution in [0.15, 0.2) is 36.5 Å². The van der Waals surface area contributed by atoms with Crippen LogP contribution < -0.4 is 5.32 Å². The first-order valence-electron chi connectivity index (χ1n) is 45.7. The molecule has 19 nitrogen and oxygen atoms in total. The van der Waals surface area contributed by atoms with Gasteiger partial charge in [0.1, 0.15) is 73.2 Å². The Kier molecular flexibility index (Phi) is 65.2. The van der Waals surface area contributed by atoms with Crippen molar-refractivity contribution in [1.82, 2.24) is 5.32 Å². The monoisotopic (exact) mass is 1550 g/mol. The molecule has 3 aliphatic rings. The second-order valence-corrected chi connectivity index (χ2v) is 32.8. The van der Waals surface area contributed by atoms with Gasteiger partial charge >= 0.3 is 0 Å². The summed E-state index contributed by atoms with van der Waals surface area (Å²) in [5.41, 5.74) is 0. The lowest BCUT2D eigenvalue weighted by Gasteiger charge is -2.48. The molecule has 17 unspecified atom stereocenters. The summed E-state index contributed by atoms with van der Waals surface area (Å²) in [5.74, 6) is -0.234. The minimum Gasteiger partial charge on any atom is -0.394 e. The van der Waals surface area contributed by atoms with E-state index in [1.165, 1.54) is 308 Å². The Balaban J connectivity index is 1.31. The van der Waals surface area contributed by atoms with E-state index in [4.69, 9.17) is 28.4 Å². The summed E-state index contributed by atoms with van der Waals surface area (Å²) in [6.45, 7) is 1.86. The Morgan fingerprint density at radius 3 is 0.945 bits per heavy atom. The van der Waals surface area contributed by atoms with Gasteiger partial charge in [0.25, 0.3) is 0 Å². The first kappa shape index (κ1) is 101. The molecule has 0 aromatic heterocycles. The van der Waals surface area contributed by atoms with Gasteiger partial charge in [-0.15, -0.1) is 0 Å². The molecule has 642 valence electrons. The number of rotatable bonds is 75. The third-order valence-corrected chi connectivity index (χ3v) is 23.0. The minimum atomic E-state index is -1.97. The molecule has 19 heteroatoms. The predicted octanol–water partition coefficient (Wildman–Crippen LogP) is 17.4. The van der Waals surface area contributed by atoms with Crippen molar-refractivity contribution in [3.8, 4) is 0 Å². The van der Waals surface area contributed by atoms with E-state index in [0.29, 0.717) is 12.8 Å². The summed E-state index contributed by atoms with van der Waals surface area (Å²) in [4.78, 5) is 13.5. The first-order valence-corrected chi connectivity index (χ1v) is 45.7. The van der Waals surface area contributed by atoms with E-state index >= 15 is 0 Å². The van der Waals surface area contributed by atoms with Crippen molar-refractivity contribution in [2.45, 2.75) is 503 Å². The molecule has 109 heavy (non-hydrogen) atoms. The second kappa shape index (κ2) is 70.2. The lowest BCUT2D eigenvalue weighted by molar-refractivity contribution is -0.379. The van der Waals surface area contributed by atoms with Gasteiger partial charge in [0.15, 0.2) is 18.9 Å². The van der Waals surface area contributed by atoms with Crippen LogP contribution in [-0.2, 0) is 33.2 Å². The third-order valence-electron chi connectivity index (χ3n) is 23.0. The Morgan fingerprint density at radius 1 is 0.330 bits per heavy atom. The number of nitrogens with one attached hydrogen (secondary N) is 1. The van der Waals surface area contributed by atoms with Crippen molar-refractivity contribution in [3.05, 3.63) is 36.5 Å². The van der Waals surface area contributed by atoms with Crippen LogP contribution in [-0.4, -0.2) is 193 Å². The summed E-state index contributed by atoms with van der Waals surface area (Å²) in [6, 6.07) is -0.888. The van der Waals surface area contributed by atoms with Gasteiger partial charge in [0.2, 0.25) is 5.91 Å². The number of amides is 1. The second-order valence-electron chi connectivity index (χ2n) is 32.8. The van der Waals surface area contributed by atoms with Gasteiger partial charge in [0.05, 0.1) is 38.6 Å². The molecular weight excluding hydrogens is 1380 g/mol. The SMILES string of the molecule is CCCCCCC/C=C\C/C=C\C/C=C\CCCCCCCCCCCCCCCCCCCCCCC(=O)NC(COC1OC(CO)C(OC2OC(CO)C(OC3OC(CO)C(O)C(O)C3O)C(O)C2O)C(O)C1O)C(O)CCCCCCCCCCCCCCCCCCCCCCCCCCCCCCC. The Hall–Kier alpha value is -1.99. The van der Waals surface area contributed by atoms with Crippen LogP contribution in [0.1, 0.15) is 399 Å². The van der Waals surface area contributed by atoms with Crippen LogP contribution in [0.4, 0.5) is 0 Å². The lowest BCUT2D eigenvalue weighted by Crippen LogP contribution is -2.66. The fourth-order valence-electron chi connectivity index (χ4n) is 15.7. The normalized spacial score (nSPS) is 25.4. The topological polar surface area (TPSA) is 307 Å². The zero-order valence-electron chi connectivity index (χ0n) is 69.3.